The van der Waals surface area contributed by atoms with E-state index in [0.29, 0.717) is 0 Å². The third-order valence-corrected chi connectivity index (χ3v) is 2.15. The Bertz CT molecular complexity index is 190. The summed E-state index contributed by atoms with van der Waals surface area (Å²) in [5, 5.41) is 0. The van der Waals surface area contributed by atoms with Crippen LogP contribution in [0.4, 0.5) is 0 Å². The number of hydrogen-bond donors (Lipinski definition) is 0. The number of nitrogens with zero attached hydrogens (tertiary/aromatic N) is 1. The Kier molecular flexibility index (Phi) is 3.99. The fraction of sp³-hybridized carbons (Fsp3) is 0.700. The second-order valence-corrected chi connectivity index (χ2v) is 4.56. The van der Waals surface area contributed by atoms with E-state index < -0.39 is 0 Å². The van der Waals surface area contributed by atoms with E-state index in [1.54, 1.807) is 0 Å². The molecule has 0 heterocycles. The molecule has 0 spiro atoms. The van der Waals surface area contributed by atoms with E-state index in [2.05, 4.69) is 33.9 Å². The average molecular weight is 230 g/mol. The summed E-state index contributed by atoms with van der Waals surface area (Å²) in [7, 11) is 0. The van der Waals surface area contributed by atoms with Crippen LogP contribution in [0.15, 0.2) is 16.6 Å². The van der Waals surface area contributed by atoms with E-state index in [0.717, 1.165) is 12.3 Å². The molecule has 0 aromatic rings. The zero-order valence-corrected chi connectivity index (χ0v) is 9.34. The minimum atomic E-state index is 0.247. The molecule has 1 saturated carbocycles. The van der Waals surface area contributed by atoms with Gasteiger partial charge in [-0.05, 0) is 37.7 Å². The third kappa shape index (κ3) is 3.53. The highest BCUT2D eigenvalue weighted by Crippen LogP contribution is 2.35. The summed E-state index contributed by atoms with van der Waals surface area (Å²) in [4.78, 5) is 4.57. The standard InChI is InChI=1S/C10H16BrN/c1-3-4-10(9-5-6-9)7-12-8(2)11/h4,7-9H,3,5-6H2,1-2H3/b10-4+,12-7?. The maximum Gasteiger partial charge on any atom is 0.102 e. The Morgan fingerprint density at radius 2 is 2.33 bits per heavy atom. The van der Waals surface area contributed by atoms with Crippen LogP contribution in [0.25, 0.3) is 0 Å². The first-order valence-electron chi connectivity index (χ1n) is 4.61. The van der Waals surface area contributed by atoms with Crippen LogP contribution < -0.4 is 0 Å². The first-order valence-corrected chi connectivity index (χ1v) is 5.53. The smallest absolute Gasteiger partial charge is 0.102 e. The predicted molar refractivity (Wildman–Crippen MR) is 58.0 cm³/mol. The van der Waals surface area contributed by atoms with Crippen LogP contribution in [0.5, 0.6) is 0 Å². The minimum Gasteiger partial charge on any atom is -0.278 e. The van der Waals surface area contributed by atoms with Crippen molar-refractivity contribution in [1.82, 2.24) is 0 Å². The highest BCUT2D eigenvalue weighted by molar-refractivity contribution is 9.09. The Balaban J connectivity index is 2.48. The van der Waals surface area contributed by atoms with Crippen molar-refractivity contribution in [2.75, 3.05) is 0 Å². The van der Waals surface area contributed by atoms with E-state index >= 15 is 0 Å². The van der Waals surface area contributed by atoms with Gasteiger partial charge < -0.3 is 0 Å². The molecular weight excluding hydrogens is 214 g/mol. The molecule has 1 fully saturated rings. The molecule has 2 heteroatoms. The summed E-state index contributed by atoms with van der Waals surface area (Å²) in [6, 6.07) is 0. The van der Waals surface area contributed by atoms with Gasteiger partial charge in [-0.3, -0.25) is 4.99 Å². The molecule has 1 nitrogen and oxygen atoms in total. The van der Waals surface area contributed by atoms with Gasteiger partial charge in [-0.25, -0.2) is 0 Å². The van der Waals surface area contributed by atoms with Crippen LogP contribution in [0.1, 0.15) is 33.1 Å². The Morgan fingerprint density at radius 1 is 1.67 bits per heavy atom. The molecule has 1 aliphatic carbocycles. The lowest BCUT2D eigenvalue weighted by atomic mass is 10.1. The fourth-order valence-electron chi connectivity index (χ4n) is 1.17. The zero-order chi connectivity index (χ0) is 8.97. The predicted octanol–water partition coefficient (Wildman–Crippen LogP) is 3.54. The summed E-state index contributed by atoms with van der Waals surface area (Å²) >= 11 is 3.40. The lowest BCUT2D eigenvalue weighted by Gasteiger charge is -1.98. The van der Waals surface area contributed by atoms with Crippen molar-refractivity contribution in [2.24, 2.45) is 10.9 Å². The van der Waals surface area contributed by atoms with Gasteiger partial charge in [0.25, 0.3) is 0 Å². The zero-order valence-electron chi connectivity index (χ0n) is 7.76. The molecule has 0 amide bonds. The summed E-state index contributed by atoms with van der Waals surface area (Å²) < 4.78 is 0. The molecule has 12 heavy (non-hydrogen) atoms. The van der Waals surface area contributed by atoms with Crippen molar-refractivity contribution in [3.63, 3.8) is 0 Å². The SMILES string of the molecule is CC/C=C(\C=NC(C)Br)C1CC1. The van der Waals surface area contributed by atoms with Gasteiger partial charge in [0.1, 0.15) is 4.95 Å². The van der Waals surface area contributed by atoms with Gasteiger partial charge in [0, 0.05) is 6.21 Å². The van der Waals surface area contributed by atoms with Gasteiger partial charge in [-0.15, -0.1) is 0 Å². The maximum absolute atomic E-state index is 4.33. The summed E-state index contributed by atoms with van der Waals surface area (Å²) in [5.74, 6) is 0.819. The van der Waals surface area contributed by atoms with Crippen LogP contribution >= 0.6 is 15.9 Å². The summed E-state index contributed by atoms with van der Waals surface area (Å²) in [5.41, 5.74) is 1.43. The largest absolute Gasteiger partial charge is 0.278 e. The van der Waals surface area contributed by atoms with Crippen LogP contribution in [0.3, 0.4) is 0 Å². The first kappa shape index (κ1) is 9.97. The number of rotatable bonds is 4. The van der Waals surface area contributed by atoms with Crippen LogP contribution in [-0.4, -0.2) is 11.2 Å². The number of allylic oxidation sites excluding steroid dienone is 2. The van der Waals surface area contributed by atoms with E-state index in [1.165, 1.54) is 18.4 Å². The quantitative estimate of drug-likeness (QED) is 0.398. The molecule has 1 atom stereocenters. The first-order chi connectivity index (χ1) is 5.74. The maximum atomic E-state index is 4.33. The van der Waals surface area contributed by atoms with Crippen molar-refractivity contribution >= 4 is 22.1 Å². The molecular formula is C10H16BrN. The topological polar surface area (TPSA) is 12.4 Å². The Morgan fingerprint density at radius 3 is 2.75 bits per heavy atom. The van der Waals surface area contributed by atoms with Gasteiger partial charge in [-0.2, -0.15) is 0 Å². The second kappa shape index (κ2) is 4.80. The van der Waals surface area contributed by atoms with Gasteiger partial charge >= 0.3 is 0 Å². The van der Waals surface area contributed by atoms with Gasteiger partial charge in [0.15, 0.2) is 0 Å². The van der Waals surface area contributed by atoms with Gasteiger partial charge in [-0.1, -0.05) is 28.9 Å². The van der Waals surface area contributed by atoms with Crippen molar-refractivity contribution in [3.8, 4) is 0 Å². The third-order valence-electron chi connectivity index (χ3n) is 1.92. The molecule has 0 aliphatic heterocycles. The van der Waals surface area contributed by atoms with Gasteiger partial charge in [0.05, 0.1) is 0 Å². The van der Waals surface area contributed by atoms with Crippen molar-refractivity contribution in [2.45, 2.75) is 38.1 Å². The molecule has 0 bridgehead atoms. The van der Waals surface area contributed by atoms with E-state index in [4.69, 9.17) is 0 Å². The van der Waals surface area contributed by atoms with Crippen molar-refractivity contribution in [3.05, 3.63) is 11.6 Å². The van der Waals surface area contributed by atoms with Crippen LogP contribution in [0.2, 0.25) is 0 Å². The number of halogens is 1. The minimum absolute atomic E-state index is 0.247. The molecule has 0 radical (unpaired) electrons. The molecule has 0 aromatic heterocycles. The molecule has 1 unspecified atom stereocenters. The van der Waals surface area contributed by atoms with E-state index in [9.17, 15) is 0 Å². The molecule has 0 saturated heterocycles. The molecule has 68 valence electrons. The number of hydrogen-bond acceptors (Lipinski definition) is 1. The second-order valence-electron chi connectivity index (χ2n) is 3.24. The highest BCUT2D eigenvalue weighted by atomic mass is 79.9. The number of alkyl halides is 1. The van der Waals surface area contributed by atoms with Crippen LogP contribution in [-0.2, 0) is 0 Å². The average Bonchev–Trinajstić information content (AvgIpc) is 2.79. The van der Waals surface area contributed by atoms with Crippen molar-refractivity contribution in [1.29, 1.82) is 0 Å². The fourth-order valence-corrected chi connectivity index (χ4v) is 1.28. The van der Waals surface area contributed by atoms with E-state index in [-0.39, 0.29) is 4.95 Å². The Hall–Kier alpha value is -0.110. The van der Waals surface area contributed by atoms with E-state index in [1.807, 2.05) is 13.1 Å². The lowest BCUT2D eigenvalue weighted by Crippen LogP contribution is -1.91. The highest BCUT2D eigenvalue weighted by Gasteiger charge is 2.24. The molecule has 0 aromatic carbocycles. The number of aliphatic imine (C=N–C) groups is 1. The molecule has 1 rings (SSSR count). The van der Waals surface area contributed by atoms with Crippen molar-refractivity contribution < 1.29 is 0 Å². The van der Waals surface area contributed by atoms with Gasteiger partial charge in [0.2, 0.25) is 0 Å². The summed E-state index contributed by atoms with van der Waals surface area (Å²) in [6.45, 7) is 4.21. The lowest BCUT2D eigenvalue weighted by molar-refractivity contribution is 1.02. The molecule has 0 N–H and O–H groups in total. The molecule has 1 aliphatic rings. The summed E-state index contributed by atoms with van der Waals surface area (Å²) in [6.07, 6.45) is 8.15. The van der Waals surface area contributed by atoms with Crippen LogP contribution in [0, 0.1) is 5.92 Å². The Labute approximate surface area is 83.1 Å². The normalized spacial score (nSPS) is 21.8. The monoisotopic (exact) mass is 229 g/mol.